The number of nitroso groups, excluding NO2 is 1. The maximum absolute atomic E-state index is 10.6. The normalized spacial score (nSPS) is 14.9. The second kappa shape index (κ2) is 5.65. The van der Waals surface area contributed by atoms with E-state index < -0.39 is 18.1 Å². The molecule has 0 bridgehead atoms. The van der Waals surface area contributed by atoms with Crippen molar-refractivity contribution in [1.82, 2.24) is 0 Å². The number of aliphatic hydroxyl groups is 1. The van der Waals surface area contributed by atoms with Crippen molar-refractivity contribution in [3.63, 3.8) is 0 Å². The third kappa shape index (κ3) is 4.02. The molecule has 0 amide bonds. The lowest BCUT2D eigenvalue weighted by atomic mass is 10.1. The van der Waals surface area contributed by atoms with Crippen LogP contribution in [0.5, 0.6) is 0 Å². The van der Waals surface area contributed by atoms with Crippen molar-refractivity contribution in [3.8, 4) is 0 Å². The number of hydrogen-bond acceptors (Lipinski definition) is 5. The van der Waals surface area contributed by atoms with Crippen LogP contribution in [0.3, 0.4) is 0 Å². The Morgan fingerprint density at radius 2 is 2.25 bits per heavy atom. The largest absolute Gasteiger partial charge is 0.469 e. The third-order valence-electron chi connectivity index (χ3n) is 1.60. The fourth-order valence-electron chi connectivity index (χ4n) is 0.679. The quantitative estimate of drug-likeness (QED) is 0.486. The summed E-state index contributed by atoms with van der Waals surface area (Å²) >= 11 is 0. The summed E-state index contributed by atoms with van der Waals surface area (Å²) in [6.07, 6.45) is -0.543. The Kier molecular flexibility index (Phi) is 5.19. The van der Waals surface area contributed by atoms with Gasteiger partial charge in [0, 0.05) is 6.42 Å². The summed E-state index contributed by atoms with van der Waals surface area (Å²) < 4.78 is 4.36. The van der Waals surface area contributed by atoms with Crippen LogP contribution in [0, 0.1) is 4.91 Å². The molecule has 0 aromatic rings. The van der Waals surface area contributed by atoms with Gasteiger partial charge in [-0.05, 0) is 13.3 Å². The molecular formula is C7H13NO4. The highest BCUT2D eigenvalue weighted by atomic mass is 16.5. The monoisotopic (exact) mass is 175 g/mol. The van der Waals surface area contributed by atoms with E-state index in [1.165, 1.54) is 14.0 Å². The highest BCUT2D eigenvalue weighted by Gasteiger charge is 2.15. The molecule has 0 radical (unpaired) electrons. The SMILES string of the molecule is COC(=O)CCC(O)C(C)N=O. The van der Waals surface area contributed by atoms with E-state index >= 15 is 0 Å². The van der Waals surface area contributed by atoms with Gasteiger partial charge in [0.2, 0.25) is 0 Å². The molecule has 70 valence electrons. The van der Waals surface area contributed by atoms with E-state index in [-0.39, 0.29) is 12.8 Å². The molecule has 0 aromatic heterocycles. The molecule has 1 N–H and O–H groups in total. The van der Waals surface area contributed by atoms with Gasteiger partial charge in [0.1, 0.15) is 6.04 Å². The van der Waals surface area contributed by atoms with Crippen LogP contribution in [0.2, 0.25) is 0 Å². The number of carbonyl (C=O) groups excluding carboxylic acids is 1. The molecule has 12 heavy (non-hydrogen) atoms. The summed E-state index contributed by atoms with van der Waals surface area (Å²) in [5.74, 6) is -0.396. The van der Waals surface area contributed by atoms with E-state index in [1.54, 1.807) is 0 Å². The standard InChI is InChI=1S/C7H13NO4/c1-5(8-11)6(9)3-4-7(10)12-2/h5-6,9H,3-4H2,1-2H3. The number of nitrogens with zero attached hydrogens (tertiary/aromatic N) is 1. The molecular weight excluding hydrogens is 162 g/mol. The first-order valence-electron chi connectivity index (χ1n) is 3.69. The summed E-state index contributed by atoms with van der Waals surface area (Å²) in [5, 5.41) is 11.8. The summed E-state index contributed by atoms with van der Waals surface area (Å²) in [6.45, 7) is 1.49. The zero-order valence-corrected chi connectivity index (χ0v) is 7.19. The number of rotatable bonds is 5. The van der Waals surface area contributed by atoms with Crippen molar-refractivity contribution < 1.29 is 14.6 Å². The maximum Gasteiger partial charge on any atom is 0.305 e. The van der Waals surface area contributed by atoms with Gasteiger partial charge in [-0.2, -0.15) is 4.91 Å². The Balaban J connectivity index is 3.63. The minimum Gasteiger partial charge on any atom is -0.469 e. The van der Waals surface area contributed by atoms with Gasteiger partial charge in [-0.25, -0.2) is 0 Å². The van der Waals surface area contributed by atoms with Crippen LogP contribution in [0.4, 0.5) is 0 Å². The molecule has 0 aromatic carbocycles. The Bertz CT molecular complexity index is 159. The van der Waals surface area contributed by atoms with Gasteiger partial charge in [-0.3, -0.25) is 4.79 Å². The Morgan fingerprint density at radius 1 is 1.67 bits per heavy atom. The van der Waals surface area contributed by atoms with Crippen LogP contribution >= 0.6 is 0 Å². The number of carbonyl (C=O) groups is 1. The minimum absolute atomic E-state index is 0.109. The molecule has 0 aliphatic heterocycles. The van der Waals surface area contributed by atoms with Gasteiger partial charge in [0.15, 0.2) is 0 Å². The van der Waals surface area contributed by atoms with E-state index in [1.807, 2.05) is 0 Å². The van der Waals surface area contributed by atoms with Crippen LogP contribution in [0.25, 0.3) is 0 Å². The number of methoxy groups -OCH3 is 1. The fraction of sp³-hybridized carbons (Fsp3) is 0.857. The minimum atomic E-state index is -0.860. The third-order valence-corrected chi connectivity index (χ3v) is 1.60. The van der Waals surface area contributed by atoms with Crippen LogP contribution in [0.1, 0.15) is 19.8 Å². The van der Waals surface area contributed by atoms with Crippen LogP contribution in [-0.2, 0) is 9.53 Å². The Morgan fingerprint density at radius 3 is 2.67 bits per heavy atom. The van der Waals surface area contributed by atoms with Gasteiger partial charge in [0.25, 0.3) is 0 Å². The van der Waals surface area contributed by atoms with E-state index in [4.69, 9.17) is 5.11 Å². The summed E-state index contributed by atoms with van der Waals surface area (Å²) in [4.78, 5) is 20.5. The molecule has 0 fully saturated rings. The number of ether oxygens (including phenoxy) is 1. The van der Waals surface area contributed by atoms with Crippen molar-refractivity contribution in [2.45, 2.75) is 31.9 Å². The van der Waals surface area contributed by atoms with Gasteiger partial charge >= 0.3 is 5.97 Å². The van der Waals surface area contributed by atoms with Crippen molar-refractivity contribution >= 4 is 5.97 Å². The molecule has 0 aliphatic rings. The molecule has 2 atom stereocenters. The van der Waals surface area contributed by atoms with Gasteiger partial charge in [0.05, 0.1) is 13.2 Å². The van der Waals surface area contributed by atoms with E-state index in [0.29, 0.717) is 0 Å². The average molecular weight is 175 g/mol. The molecule has 0 aliphatic carbocycles. The molecule has 0 heterocycles. The van der Waals surface area contributed by atoms with E-state index in [0.717, 1.165) is 0 Å². The topological polar surface area (TPSA) is 76.0 Å². The number of hydrogen-bond donors (Lipinski definition) is 1. The second-order valence-corrected chi connectivity index (χ2v) is 2.53. The second-order valence-electron chi connectivity index (χ2n) is 2.53. The predicted molar refractivity (Wildman–Crippen MR) is 42.5 cm³/mol. The van der Waals surface area contributed by atoms with Crippen LogP contribution in [0.15, 0.2) is 5.18 Å². The smallest absolute Gasteiger partial charge is 0.305 e. The lowest BCUT2D eigenvalue weighted by molar-refractivity contribution is -0.141. The van der Waals surface area contributed by atoms with Crippen molar-refractivity contribution in [3.05, 3.63) is 4.91 Å². The van der Waals surface area contributed by atoms with Gasteiger partial charge < -0.3 is 9.84 Å². The first kappa shape index (κ1) is 11.0. The average Bonchev–Trinajstić information content (AvgIpc) is 2.11. The highest BCUT2D eigenvalue weighted by molar-refractivity contribution is 5.69. The first-order valence-corrected chi connectivity index (χ1v) is 3.69. The molecule has 5 heteroatoms. The summed E-state index contributed by atoms with van der Waals surface area (Å²) in [7, 11) is 1.27. The van der Waals surface area contributed by atoms with Crippen LogP contribution < -0.4 is 0 Å². The summed E-state index contributed by atoms with van der Waals surface area (Å²) in [6, 6.07) is -0.672. The van der Waals surface area contributed by atoms with Gasteiger partial charge in [-0.1, -0.05) is 5.18 Å². The zero-order valence-electron chi connectivity index (χ0n) is 7.19. The van der Waals surface area contributed by atoms with Crippen molar-refractivity contribution in [1.29, 1.82) is 0 Å². The molecule has 0 saturated carbocycles. The highest BCUT2D eigenvalue weighted by Crippen LogP contribution is 2.05. The summed E-state index contributed by atoms with van der Waals surface area (Å²) in [5.41, 5.74) is 0. The van der Waals surface area contributed by atoms with Crippen molar-refractivity contribution in [2.24, 2.45) is 5.18 Å². The van der Waals surface area contributed by atoms with Gasteiger partial charge in [-0.15, -0.1) is 0 Å². The number of esters is 1. The maximum atomic E-state index is 10.6. The molecule has 0 rings (SSSR count). The molecule has 5 nitrogen and oxygen atoms in total. The molecule has 0 spiro atoms. The predicted octanol–water partition coefficient (Wildman–Crippen LogP) is 0.455. The van der Waals surface area contributed by atoms with Crippen LogP contribution in [-0.4, -0.2) is 30.3 Å². The molecule has 0 saturated heterocycles. The fourth-order valence-corrected chi connectivity index (χ4v) is 0.679. The zero-order chi connectivity index (χ0) is 9.56. The Labute approximate surface area is 70.7 Å². The lowest BCUT2D eigenvalue weighted by Gasteiger charge is -2.10. The Hall–Kier alpha value is -0.970. The van der Waals surface area contributed by atoms with E-state index in [2.05, 4.69) is 9.91 Å². The van der Waals surface area contributed by atoms with E-state index in [9.17, 15) is 9.70 Å². The molecule has 2 unspecified atom stereocenters. The first-order chi connectivity index (χ1) is 5.61. The number of aliphatic hydroxyl groups excluding tert-OH is 1. The lowest BCUT2D eigenvalue weighted by Crippen LogP contribution is -2.21. The van der Waals surface area contributed by atoms with Crippen molar-refractivity contribution in [2.75, 3.05) is 7.11 Å².